The van der Waals surface area contributed by atoms with Crippen molar-refractivity contribution in [3.63, 3.8) is 0 Å². The summed E-state index contributed by atoms with van der Waals surface area (Å²) in [5.74, 6) is -2.36. The Bertz CT molecular complexity index is 982. The van der Waals surface area contributed by atoms with Gasteiger partial charge in [-0.25, -0.2) is 12.7 Å². The summed E-state index contributed by atoms with van der Waals surface area (Å²) in [6.45, 7) is 0. The number of carbonyl (C=O) groups excluding carboxylic acids is 2. The Labute approximate surface area is 176 Å². The Hall–Kier alpha value is -1.51. The van der Waals surface area contributed by atoms with Gasteiger partial charge in [0.1, 0.15) is 11.8 Å². The number of carbonyl (C=O) groups is 2. The number of hydrogen-bond acceptors (Lipinski definition) is 4. The molecule has 27 heavy (non-hydrogen) atoms. The average Bonchev–Trinajstić information content (AvgIpc) is 2.63. The number of benzene rings is 2. The van der Waals surface area contributed by atoms with Crippen LogP contribution in [-0.2, 0) is 19.6 Å². The van der Waals surface area contributed by atoms with Crippen molar-refractivity contribution in [3.8, 4) is 0 Å². The van der Waals surface area contributed by atoms with Crippen LogP contribution in [0.15, 0.2) is 47.4 Å². The molecule has 0 aliphatic rings. The van der Waals surface area contributed by atoms with Crippen LogP contribution in [0.2, 0.25) is 10.0 Å². The van der Waals surface area contributed by atoms with Crippen LogP contribution in [0.3, 0.4) is 0 Å². The highest BCUT2D eigenvalue weighted by Crippen LogP contribution is 2.30. The molecular weight excluding hydrogens is 458 g/mol. The van der Waals surface area contributed by atoms with E-state index in [4.69, 9.17) is 46.4 Å². The molecule has 0 unspecified atom stereocenters. The molecule has 0 spiro atoms. The molecule has 0 atom stereocenters. The fourth-order valence-electron chi connectivity index (χ4n) is 2.12. The Kier molecular flexibility index (Phi) is 7.36. The topological polar surface area (TPSA) is 83.6 Å². The number of halogens is 4. The number of hydrogen-bond donors (Lipinski definition) is 1. The van der Waals surface area contributed by atoms with Gasteiger partial charge >= 0.3 is 0 Å². The summed E-state index contributed by atoms with van der Waals surface area (Å²) in [5.41, 5.74) is 0.0576. The van der Waals surface area contributed by atoms with Crippen molar-refractivity contribution >= 4 is 79.6 Å². The molecule has 0 fully saturated rings. The number of sulfonamides is 1. The molecule has 2 aromatic carbocycles. The smallest absolute Gasteiger partial charge is 0.271 e. The average molecular weight is 470 g/mol. The van der Waals surface area contributed by atoms with Crippen molar-refractivity contribution in [2.24, 2.45) is 0 Å². The molecule has 6 nitrogen and oxygen atoms in total. The van der Waals surface area contributed by atoms with Crippen LogP contribution in [0, 0.1) is 0 Å². The molecule has 2 rings (SSSR count). The van der Waals surface area contributed by atoms with Crippen LogP contribution in [0.5, 0.6) is 0 Å². The minimum Gasteiger partial charge on any atom is -0.324 e. The maximum Gasteiger partial charge on any atom is 0.271 e. The molecule has 144 valence electrons. The number of amides is 2. The maximum atomic E-state index is 13.1. The Morgan fingerprint density at radius 1 is 1.00 bits per heavy atom. The van der Waals surface area contributed by atoms with E-state index < -0.39 is 27.7 Å². The summed E-state index contributed by atoms with van der Waals surface area (Å²) in [6, 6.07) is 9.35. The minimum absolute atomic E-state index is 0.0226. The van der Waals surface area contributed by atoms with Gasteiger partial charge in [0, 0.05) is 5.02 Å². The van der Waals surface area contributed by atoms with E-state index in [0.717, 1.165) is 6.07 Å². The van der Waals surface area contributed by atoms with Gasteiger partial charge in [-0.2, -0.15) is 0 Å². The third-order valence-electron chi connectivity index (χ3n) is 3.26. The lowest BCUT2D eigenvalue weighted by Crippen LogP contribution is -2.38. The molecule has 0 aliphatic heterocycles. The Morgan fingerprint density at radius 2 is 1.70 bits per heavy atom. The van der Waals surface area contributed by atoms with Crippen molar-refractivity contribution in [2.45, 2.75) is 4.90 Å². The van der Waals surface area contributed by atoms with Crippen LogP contribution in [-0.4, -0.2) is 32.0 Å². The first-order valence-electron chi connectivity index (χ1n) is 7.25. The van der Waals surface area contributed by atoms with Crippen molar-refractivity contribution in [3.05, 3.63) is 52.5 Å². The second-order valence-electron chi connectivity index (χ2n) is 5.10. The van der Waals surface area contributed by atoms with Gasteiger partial charge in [-0.15, -0.1) is 23.2 Å². The molecule has 0 saturated heterocycles. The number of alkyl halides is 2. The first kappa shape index (κ1) is 21.8. The summed E-state index contributed by atoms with van der Waals surface area (Å²) in [4.78, 5) is 23.5. The summed E-state index contributed by atoms with van der Waals surface area (Å²) >= 11 is 22.9. The van der Waals surface area contributed by atoms with E-state index >= 15 is 0 Å². The van der Waals surface area contributed by atoms with Gasteiger partial charge in [0.2, 0.25) is 5.91 Å². The van der Waals surface area contributed by atoms with E-state index in [1.54, 1.807) is 0 Å². The highest BCUT2D eigenvalue weighted by molar-refractivity contribution is 7.93. The third kappa shape index (κ3) is 5.06. The van der Waals surface area contributed by atoms with Gasteiger partial charge in [-0.05, 0) is 36.4 Å². The van der Waals surface area contributed by atoms with E-state index in [-0.39, 0.29) is 32.2 Å². The quantitative estimate of drug-likeness (QED) is 0.644. The molecule has 2 amide bonds. The van der Waals surface area contributed by atoms with E-state index in [1.165, 1.54) is 36.4 Å². The van der Waals surface area contributed by atoms with Crippen molar-refractivity contribution < 1.29 is 18.0 Å². The van der Waals surface area contributed by atoms with Crippen LogP contribution in [0.1, 0.15) is 0 Å². The molecule has 1 N–H and O–H groups in total. The van der Waals surface area contributed by atoms with Crippen molar-refractivity contribution in [2.75, 3.05) is 21.4 Å². The first-order chi connectivity index (χ1) is 12.7. The lowest BCUT2D eigenvalue weighted by Gasteiger charge is -2.22. The minimum atomic E-state index is -4.37. The summed E-state index contributed by atoms with van der Waals surface area (Å²) in [6.07, 6.45) is 0. The van der Waals surface area contributed by atoms with Gasteiger partial charge in [-0.1, -0.05) is 29.3 Å². The number of nitrogens with zero attached hydrogens (tertiary/aromatic N) is 1. The zero-order chi connectivity index (χ0) is 20.2. The zero-order valence-electron chi connectivity index (χ0n) is 13.5. The first-order valence-corrected chi connectivity index (χ1v) is 10.5. The highest BCUT2D eigenvalue weighted by Gasteiger charge is 2.31. The van der Waals surface area contributed by atoms with E-state index in [2.05, 4.69) is 5.32 Å². The van der Waals surface area contributed by atoms with Gasteiger partial charge < -0.3 is 5.32 Å². The van der Waals surface area contributed by atoms with Crippen LogP contribution >= 0.6 is 46.4 Å². The number of anilines is 2. The van der Waals surface area contributed by atoms with E-state index in [9.17, 15) is 18.0 Å². The lowest BCUT2D eigenvalue weighted by atomic mass is 10.3. The monoisotopic (exact) mass is 468 g/mol. The van der Waals surface area contributed by atoms with Gasteiger partial charge in [0.15, 0.2) is 0 Å². The molecule has 0 aromatic heterocycles. The van der Waals surface area contributed by atoms with Crippen LogP contribution < -0.4 is 9.62 Å². The molecule has 0 radical (unpaired) electrons. The van der Waals surface area contributed by atoms with Crippen molar-refractivity contribution in [1.29, 1.82) is 0 Å². The van der Waals surface area contributed by atoms with E-state index in [0.29, 0.717) is 4.31 Å². The largest absolute Gasteiger partial charge is 0.324 e. The molecule has 0 aliphatic carbocycles. The van der Waals surface area contributed by atoms with Gasteiger partial charge in [0.05, 0.1) is 21.3 Å². The van der Waals surface area contributed by atoms with E-state index in [1.807, 2.05) is 0 Å². The summed E-state index contributed by atoms with van der Waals surface area (Å²) < 4.78 is 26.7. The number of nitrogens with one attached hydrogen (secondary N) is 1. The van der Waals surface area contributed by atoms with Crippen LogP contribution in [0.4, 0.5) is 11.4 Å². The predicted octanol–water partition coefficient (Wildman–Crippen LogP) is 4.13. The van der Waals surface area contributed by atoms with Crippen LogP contribution in [0.25, 0.3) is 0 Å². The summed E-state index contributed by atoms with van der Waals surface area (Å²) in [7, 11) is -4.37. The lowest BCUT2D eigenvalue weighted by molar-refractivity contribution is -0.115. The fourth-order valence-corrected chi connectivity index (χ4v) is 4.17. The second-order valence-corrected chi connectivity index (χ2v) is 8.26. The normalized spacial score (nSPS) is 11.1. The molecule has 0 heterocycles. The Balaban J connectivity index is 2.58. The molecular formula is C16H12Cl4N2O4S. The molecule has 2 aromatic rings. The van der Waals surface area contributed by atoms with Gasteiger partial charge in [0.25, 0.3) is 15.9 Å². The predicted molar refractivity (Wildman–Crippen MR) is 108 cm³/mol. The summed E-state index contributed by atoms with van der Waals surface area (Å²) in [5, 5.41) is 2.72. The fraction of sp³-hybridized carbons (Fsp3) is 0.125. The number of rotatable bonds is 6. The second kappa shape index (κ2) is 9.12. The zero-order valence-corrected chi connectivity index (χ0v) is 17.3. The maximum absolute atomic E-state index is 13.1. The third-order valence-corrected chi connectivity index (χ3v) is 6.04. The molecule has 0 bridgehead atoms. The SMILES string of the molecule is O=C(CCl)Nc1cc(S(=O)(=O)N(C(=O)CCl)c2cccc(Cl)c2)ccc1Cl. The molecule has 0 saturated carbocycles. The Morgan fingerprint density at radius 3 is 2.30 bits per heavy atom. The molecule has 11 heteroatoms. The highest BCUT2D eigenvalue weighted by atomic mass is 35.5. The van der Waals surface area contributed by atoms with Crippen molar-refractivity contribution in [1.82, 2.24) is 0 Å². The standard InChI is InChI=1S/C16H12Cl4N2O4S/c17-8-15(23)21-14-7-12(4-5-13(14)20)27(25,26)22(16(24)9-18)11-3-1-2-10(19)6-11/h1-7H,8-9H2,(H,21,23). The van der Waals surface area contributed by atoms with Gasteiger partial charge in [-0.3, -0.25) is 9.59 Å².